The molecule has 0 saturated heterocycles. The van der Waals surface area contributed by atoms with Crippen molar-refractivity contribution in [2.75, 3.05) is 13.7 Å². The lowest BCUT2D eigenvalue weighted by Crippen LogP contribution is -2.43. The molecule has 0 spiro atoms. The van der Waals surface area contributed by atoms with Gasteiger partial charge in [-0.1, -0.05) is 19.1 Å². The molecule has 1 aliphatic heterocycles. The Morgan fingerprint density at radius 3 is 2.39 bits per heavy atom. The number of ether oxygens (including phenoxy) is 1. The van der Waals surface area contributed by atoms with E-state index in [-0.39, 0.29) is 11.5 Å². The molecule has 0 atom stereocenters. The number of methoxy groups -OCH3 is 1. The fourth-order valence-corrected chi connectivity index (χ4v) is 2.42. The topological polar surface area (TPSA) is 70.4 Å². The van der Waals surface area contributed by atoms with E-state index in [2.05, 4.69) is 0 Å². The predicted octanol–water partition coefficient (Wildman–Crippen LogP) is 2.70. The summed E-state index contributed by atoms with van der Waals surface area (Å²) in [7, 11) is 1.58. The van der Waals surface area contributed by atoms with Gasteiger partial charge in [-0.05, 0) is 42.7 Å². The van der Waals surface area contributed by atoms with Crippen LogP contribution in [0.4, 0.5) is 0 Å². The first-order valence-corrected chi connectivity index (χ1v) is 7.36. The summed E-state index contributed by atoms with van der Waals surface area (Å²) in [6.07, 6.45) is 2.34. The quantitative estimate of drug-likeness (QED) is 0.633. The molecule has 1 aromatic carbocycles. The molecule has 2 rings (SSSR count). The van der Waals surface area contributed by atoms with Crippen molar-refractivity contribution in [2.45, 2.75) is 20.3 Å². The molecule has 0 saturated carbocycles. The minimum absolute atomic E-state index is 0.0258. The van der Waals surface area contributed by atoms with Crippen LogP contribution in [0.1, 0.15) is 25.8 Å². The van der Waals surface area contributed by atoms with Gasteiger partial charge in [-0.2, -0.15) is 5.26 Å². The van der Waals surface area contributed by atoms with Crippen LogP contribution < -0.4 is 4.74 Å². The van der Waals surface area contributed by atoms with Crippen LogP contribution in [-0.4, -0.2) is 30.4 Å². The highest BCUT2D eigenvalue weighted by atomic mass is 16.5. The number of carbonyl (C=O) groups excluding carboxylic acids is 2. The molecule has 1 aliphatic rings. The standard InChI is InChI=1S/C18H18N2O3/c1-4-9-20-17(21)15(12(2)16(11-19)18(20)22)10-13-5-7-14(23-3)8-6-13/h5-8,10H,4,9H2,1-3H3/b15-10-. The maximum atomic E-state index is 12.6. The molecule has 0 N–H and O–H groups in total. The number of nitriles is 1. The van der Waals surface area contributed by atoms with Gasteiger partial charge in [-0.3, -0.25) is 14.5 Å². The minimum Gasteiger partial charge on any atom is -0.497 e. The van der Waals surface area contributed by atoms with Gasteiger partial charge in [-0.15, -0.1) is 0 Å². The Bertz CT molecular complexity index is 737. The largest absolute Gasteiger partial charge is 0.497 e. The molecule has 1 heterocycles. The fourth-order valence-electron chi connectivity index (χ4n) is 2.42. The van der Waals surface area contributed by atoms with E-state index in [0.29, 0.717) is 24.1 Å². The first-order valence-electron chi connectivity index (χ1n) is 7.36. The van der Waals surface area contributed by atoms with Crippen molar-refractivity contribution in [3.05, 3.63) is 46.5 Å². The molecule has 0 unspecified atom stereocenters. The lowest BCUT2D eigenvalue weighted by atomic mass is 9.93. The first kappa shape index (κ1) is 16.5. The number of hydrogen-bond acceptors (Lipinski definition) is 4. The Morgan fingerprint density at radius 2 is 1.87 bits per heavy atom. The molecule has 1 aromatic rings. The third kappa shape index (κ3) is 3.16. The maximum Gasteiger partial charge on any atom is 0.271 e. The second-order valence-electron chi connectivity index (χ2n) is 5.20. The van der Waals surface area contributed by atoms with Gasteiger partial charge < -0.3 is 4.74 Å². The molecule has 0 radical (unpaired) electrons. The number of hydrogen-bond donors (Lipinski definition) is 0. The van der Waals surface area contributed by atoms with E-state index in [4.69, 9.17) is 4.74 Å². The van der Waals surface area contributed by atoms with E-state index >= 15 is 0 Å². The molecule has 5 nitrogen and oxygen atoms in total. The Kier molecular flexibility index (Phi) is 4.97. The van der Waals surface area contributed by atoms with Gasteiger partial charge in [0.2, 0.25) is 0 Å². The van der Waals surface area contributed by atoms with Gasteiger partial charge in [0, 0.05) is 12.1 Å². The van der Waals surface area contributed by atoms with Crippen LogP contribution in [-0.2, 0) is 9.59 Å². The zero-order chi connectivity index (χ0) is 17.0. The number of imide groups is 1. The summed E-state index contributed by atoms with van der Waals surface area (Å²) in [6.45, 7) is 3.81. The zero-order valence-corrected chi connectivity index (χ0v) is 13.4. The summed E-state index contributed by atoms with van der Waals surface area (Å²) in [5.74, 6) is -0.150. The predicted molar refractivity (Wildman–Crippen MR) is 86.3 cm³/mol. The van der Waals surface area contributed by atoms with E-state index in [9.17, 15) is 14.9 Å². The van der Waals surface area contributed by atoms with Crippen molar-refractivity contribution in [2.24, 2.45) is 0 Å². The van der Waals surface area contributed by atoms with E-state index in [0.717, 1.165) is 16.2 Å². The van der Waals surface area contributed by atoms with Crippen LogP contribution >= 0.6 is 0 Å². The minimum atomic E-state index is -0.510. The number of rotatable bonds is 4. The van der Waals surface area contributed by atoms with Crippen LogP contribution in [0.3, 0.4) is 0 Å². The van der Waals surface area contributed by atoms with Gasteiger partial charge in [-0.25, -0.2) is 0 Å². The summed E-state index contributed by atoms with van der Waals surface area (Å²) < 4.78 is 5.11. The fraction of sp³-hybridized carbons (Fsp3) is 0.278. The molecule has 2 amide bonds. The lowest BCUT2D eigenvalue weighted by Gasteiger charge is -2.27. The van der Waals surface area contributed by atoms with E-state index < -0.39 is 5.91 Å². The van der Waals surface area contributed by atoms with Gasteiger partial charge in [0.05, 0.1) is 7.11 Å². The zero-order valence-electron chi connectivity index (χ0n) is 13.4. The van der Waals surface area contributed by atoms with Gasteiger partial charge in [0.1, 0.15) is 17.4 Å². The van der Waals surface area contributed by atoms with Crippen molar-refractivity contribution < 1.29 is 14.3 Å². The van der Waals surface area contributed by atoms with Gasteiger partial charge >= 0.3 is 0 Å². The van der Waals surface area contributed by atoms with Crippen LogP contribution in [0.25, 0.3) is 6.08 Å². The number of amides is 2. The summed E-state index contributed by atoms with van der Waals surface area (Å²) in [4.78, 5) is 26.0. The van der Waals surface area contributed by atoms with Crippen LogP contribution in [0.15, 0.2) is 41.0 Å². The Hall–Kier alpha value is -2.87. The average molecular weight is 310 g/mol. The molecule has 0 aromatic heterocycles. The lowest BCUT2D eigenvalue weighted by molar-refractivity contribution is -0.140. The van der Waals surface area contributed by atoms with Crippen LogP contribution in [0, 0.1) is 11.3 Å². The van der Waals surface area contributed by atoms with Gasteiger partial charge in [0.25, 0.3) is 11.8 Å². The van der Waals surface area contributed by atoms with Crippen molar-refractivity contribution >= 4 is 17.9 Å². The normalized spacial score (nSPS) is 16.8. The van der Waals surface area contributed by atoms with Crippen LogP contribution in [0.5, 0.6) is 5.75 Å². The summed E-state index contributed by atoms with van der Waals surface area (Å²) >= 11 is 0. The number of benzene rings is 1. The monoisotopic (exact) mass is 310 g/mol. The average Bonchev–Trinajstić information content (AvgIpc) is 2.56. The Morgan fingerprint density at radius 1 is 1.22 bits per heavy atom. The Labute approximate surface area is 135 Å². The van der Waals surface area contributed by atoms with E-state index in [1.54, 1.807) is 32.2 Å². The molecule has 0 aliphatic carbocycles. The molecular weight excluding hydrogens is 292 g/mol. The second-order valence-corrected chi connectivity index (χ2v) is 5.20. The van der Waals surface area contributed by atoms with Gasteiger partial charge in [0.15, 0.2) is 0 Å². The third-order valence-corrected chi connectivity index (χ3v) is 3.70. The molecule has 0 bridgehead atoms. The SMILES string of the molecule is CCCN1C(=O)C(C#N)=C(C)/C(=C/c2ccc(OC)cc2)C1=O. The number of nitrogens with zero attached hydrogens (tertiary/aromatic N) is 2. The molecule has 0 fully saturated rings. The van der Waals surface area contributed by atoms with Crippen molar-refractivity contribution in [3.8, 4) is 11.8 Å². The highest BCUT2D eigenvalue weighted by Gasteiger charge is 2.34. The summed E-state index contributed by atoms with van der Waals surface area (Å²) in [6, 6.07) is 9.14. The maximum absolute atomic E-state index is 12.6. The smallest absolute Gasteiger partial charge is 0.271 e. The first-order chi connectivity index (χ1) is 11.0. The molecule has 23 heavy (non-hydrogen) atoms. The van der Waals surface area contributed by atoms with Crippen molar-refractivity contribution in [1.29, 1.82) is 5.26 Å². The van der Waals surface area contributed by atoms with Crippen molar-refractivity contribution in [3.63, 3.8) is 0 Å². The Balaban J connectivity index is 2.51. The van der Waals surface area contributed by atoms with E-state index in [1.807, 2.05) is 25.1 Å². The highest BCUT2D eigenvalue weighted by molar-refractivity contribution is 6.19. The molecule has 5 heteroatoms. The van der Waals surface area contributed by atoms with E-state index in [1.165, 1.54) is 0 Å². The second kappa shape index (κ2) is 6.93. The summed E-state index contributed by atoms with van der Waals surface area (Å²) in [5, 5.41) is 9.25. The number of carbonyl (C=O) groups is 2. The van der Waals surface area contributed by atoms with Crippen molar-refractivity contribution in [1.82, 2.24) is 4.90 Å². The molecular formula is C18H18N2O3. The third-order valence-electron chi connectivity index (χ3n) is 3.70. The van der Waals surface area contributed by atoms with Crippen LogP contribution in [0.2, 0.25) is 0 Å². The highest BCUT2D eigenvalue weighted by Crippen LogP contribution is 2.27. The summed E-state index contributed by atoms with van der Waals surface area (Å²) in [5.41, 5.74) is 1.62. The molecule has 118 valence electrons.